The van der Waals surface area contributed by atoms with Gasteiger partial charge in [-0.1, -0.05) is 0 Å². The number of nitrogens with zero attached hydrogens (tertiary/aromatic N) is 4. The molecule has 2 heterocycles. The molecule has 1 amide bonds. The second kappa shape index (κ2) is 10.1. The first-order valence-electron chi connectivity index (χ1n) is 10.2. The van der Waals surface area contributed by atoms with Crippen LogP contribution in [0.3, 0.4) is 0 Å². The molecule has 0 radical (unpaired) electrons. The van der Waals surface area contributed by atoms with Crippen molar-refractivity contribution in [3.05, 3.63) is 23.9 Å². The molecule has 1 saturated heterocycles. The third-order valence-corrected chi connectivity index (χ3v) is 5.16. The molecule has 28 heavy (non-hydrogen) atoms. The highest BCUT2D eigenvalue weighted by Crippen LogP contribution is 2.23. The van der Waals surface area contributed by atoms with Gasteiger partial charge in [-0.2, -0.15) is 0 Å². The second-order valence-corrected chi connectivity index (χ2v) is 7.10. The molecular formula is C20H31N5O3. The van der Waals surface area contributed by atoms with E-state index in [4.69, 9.17) is 9.47 Å². The molecule has 0 aromatic carbocycles. The Hall–Kier alpha value is -2.51. The van der Waals surface area contributed by atoms with E-state index in [0.717, 1.165) is 37.5 Å². The summed E-state index contributed by atoms with van der Waals surface area (Å²) in [4.78, 5) is 24.5. The first-order chi connectivity index (χ1) is 13.7. The van der Waals surface area contributed by atoms with Crippen LogP contribution in [0.2, 0.25) is 0 Å². The lowest BCUT2D eigenvalue weighted by atomic mass is 10.2. The monoisotopic (exact) mass is 389 g/mol. The quantitative estimate of drug-likeness (QED) is 0.615. The number of carbonyl (C=O) groups excluding carboxylic acids is 1. The standard InChI is InChI=1S/C20H31N5O3/c1-3-27-20(26)25-12-10-24(11-13-25)19(21-2)23-15-16-8-9-22-18(14-16)28-17-6-4-5-7-17/h8-9,14,17H,3-7,10-13,15H2,1-2H3,(H,21,23). The summed E-state index contributed by atoms with van der Waals surface area (Å²) < 4.78 is 11.1. The molecule has 1 aromatic heterocycles. The first kappa shape index (κ1) is 20.2. The third kappa shape index (κ3) is 5.50. The fourth-order valence-corrected chi connectivity index (χ4v) is 3.63. The molecule has 1 N–H and O–H groups in total. The molecule has 1 saturated carbocycles. The van der Waals surface area contributed by atoms with Crippen molar-refractivity contribution >= 4 is 12.1 Å². The molecule has 0 bridgehead atoms. The molecule has 1 aliphatic heterocycles. The minimum atomic E-state index is -0.239. The van der Waals surface area contributed by atoms with E-state index in [1.54, 1.807) is 18.1 Å². The number of rotatable bonds is 5. The Bertz CT molecular complexity index is 668. The van der Waals surface area contributed by atoms with E-state index in [1.807, 2.05) is 19.1 Å². The molecule has 1 aliphatic carbocycles. The van der Waals surface area contributed by atoms with Gasteiger partial charge in [0.15, 0.2) is 5.96 Å². The lowest BCUT2D eigenvalue weighted by molar-refractivity contribution is 0.0914. The van der Waals surface area contributed by atoms with E-state index < -0.39 is 0 Å². The Morgan fingerprint density at radius 3 is 2.64 bits per heavy atom. The molecule has 154 valence electrons. The summed E-state index contributed by atoms with van der Waals surface area (Å²) in [5, 5.41) is 3.40. The van der Waals surface area contributed by atoms with Gasteiger partial charge in [0.25, 0.3) is 0 Å². The van der Waals surface area contributed by atoms with Gasteiger partial charge in [-0.25, -0.2) is 9.78 Å². The van der Waals surface area contributed by atoms with Crippen LogP contribution < -0.4 is 10.1 Å². The van der Waals surface area contributed by atoms with Crippen molar-refractivity contribution in [1.82, 2.24) is 20.1 Å². The number of piperazine rings is 1. The molecule has 0 spiro atoms. The molecule has 8 nitrogen and oxygen atoms in total. The second-order valence-electron chi connectivity index (χ2n) is 7.10. The van der Waals surface area contributed by atoms with Crippen molar-refractivity contribution in [2.24, 2.45) is 4.99 Å². The van der Waals surface area contributed by atoms with E-state index in [1.165, 1.54) is 12.8 Å². The van der Waals surface area contributed by atoms with Crippen LogP contribution in [0.15, 0.2) is 23.3 Å². The summed E-state index contributed by atoms with van der Waals surface area (Å²) >= 11 is 0. The molecule has 3 rings (SSSR count). The number of hydrogen-bond donors (Lipinski definition) is 1. The van der Waals surface area contributed by atoms with Crippen molar-refractivity contribution in [2.45, 2.75) is 45.3 Å². The first-order valence-corrected chi connectivity index (χ1v) is 10.2. The lowest BCUT2D eigenvalue weighted by Gasteiger charge is -2.35. The van der Waals surface area contributed by atoms with Crippen LogP contribution in [-0.2, 0) is 11.3 Å². The number of ether oxygens (including phenoxy) is 2. The summed E-state index contributed by atoms with van der Waals surface area (Å²) in [5.74, 6) is 1.53. The van der Waals surface area contributed by atoms with Crippen molar-refractivity contribution in [2.75, 3.05) is 39.8 Å². The van der Waals surface area contributed by atoms with Crippen LogP contribution in [0.4, 0.5) is 4.79 Å². The molecule has 2 fully saturated rings. The lowest BCUT2D eigenvalue weighted by Crippen LogP contribution is -2.53. The van der Waals surface area contributed by atoms with Crippen molar-refractivity contribution in [1.29, 1.82) is 0 Å². The van der Waals surface area contributed by atoms with E-state index >= 15 is 0 Å². The number of hydrogen-bond acceptors (Lipinski definition) is 5. The third-order valence-electron chi connectivity index (χ3n) is 5.16. The smallest absolute Gasteiger partial charge is 0.409 e. The topological polar surface area (TPSA) is 79.3 Å². The fraction of sp³-hybridized carbons (Fsp3) is 0.650. The highest BCUT2D eigenvalue weighted by Gasteiger charge is 2.23. The number of nitrogens with one attached hydrogen (secondary N) is 1. The van der Waals surface area contributed by atoms with Gasteiger partial charge in [-0.05, 0) is 44.2 Å². The average Bonchev–Trinajstić information content (AvgIpc) is 3.22. The molecule has 1 aromatic rings. The number of aromatic nitrogens is 1. The zero-order valence-electron chi connectivity index (χ0n) is 16.9. The maximum Gasteiger partial charge on any atom is 0.409 e. The summed E-state index contributed by atoms with van der Waals surface area (Å²) in [6.07, 6.45) is 6.58. The van der Waals surface area contributed by atoms with Gasteiger partial charge < -0.3 is 24.6 Å². The van der Waals surface area contributed by atoms with Gasteiger partial charge in [0.05, 0.1) is 6.61 Å². The molecular weight excluding hydrogens is 358 g/mol. The summed E-state index contributed by atoms with van der Waals surface area (Å²) in [7, 11) is 1.78. The summed E-state index contributed by atoms with van der Waals surface area (Å²) in [6, 6.07) is 3.98. The largest absolute Gasteiger partial charge is 0.474 e. The highest BCUT2D eigenvalue weighted by atomic mass is 16.6. The highest BCUT2D eigenvalue weighted by molar-refractivity contribution is 5.80. The average molecular weight is 390 g/mol. The van der Waals surface area contributed by atoms with E-state index in [-0.39, 0.29) is 6.09 Å². The van der Waals surface area contributed by atoms with Crippen molar-refractivity contribution in [3.63, 3.8) is 0 Å². The molecule has 2 aliphatic rings. The van der Waals surface area contributed by atoms with Crippen LogP contribution in [0.1, 0.15) is 38.2 Å². The van der Waals surface area contributed by atoms with E-state index in [9.17, 15) is 4.79 Å². The van der Waals surface area contributed by atoms with Crippen molar-refractivity contribution in [3.8, 4) is 5.88 Å². The Kier molecular flexibility index (Phi) is 7.33. The van der Waals surface area contributed by atoms with Crippen LogP contribution in [-0.4, -0.2) is 72.8 Å². The predicted molar refractivity (Wildman–Crippen MR) is 107 cm³/mol. The maximum absolute atomic E-state index is 11.8. The fourth-order valence-electron chi connectivity index (χ4n) is 3.63. The normalized spacial score (nSPS) is 18.3. The van der Waals surface area contributed by atoms with Gasteiger partial charge in [0.1, 0.15) is 6.10 Å². The number of amides is 1. The van der Waals surface area contributed by atoms with Crippen molar-refractivity contribution < 1.29 is 14.3 Å². The van der Waals surface area contributed by atoms with E-state index in [0.29, 0.717) is 38.2 Å². The van der Waals surface area contributed by atoms with Gasteiger partial charge in [-0.15, -0.1) is 0 Å². The zero-order valence-corrected chi connectivity index (χ0v) is 16.9. The van der Waals surface area contributed by atoms with Gasteiger partial charge in [0.2, 0.25) is 5.88 Å². The maximum atomic E-state index is 11.8. The SMILES string of the molecule is CCOC(=O)N1CCN(C(=NC)NCc2ccnc(OC3CCCC3)c2)CC1. The Morgan fingerprint density at radius 2 is 1.96 bits per heavy atom. The Labute approximate surface area is 166 Å². The Morgan fingerprint density at radius 1 is 1.25 bits per heavy atom. The van der Waals surface area contributed by atoms with Gasteiger partial charge in [0, 0.05) is 52.0 Å². The zero-order chi connectivity index (χ0) is 19.8. The summed E-state index contributed by atoms with van der Waals surface area (Å²) in [5.41, 5.74) is 1.11. The van der Waals surface area contributed by atoms with Crippen LogP contribution in [0.5, 0.6) is 5.88 Å². The number of guanidine groups is 1. The predicted octanol–water partition coefficient (Wildman–Crippen LogP) is 2.25. The minimum Gasteiger partial charge on any atom is -0.474 e. The number of carbonyl (C=O) groups is 1. The molecule has 0 atom stereocenters. The Balaban J connectivity index is 1.48. The molecule has 8 heteroatoms. The van der Waals surface area contributed by atoms with Gasteiger partial charge >= 0.3 is 6.09 Å². The van der Waals surface area contributed by atoms with E-state index in [2.05, 4.69) is 20.2 Å². The van der Waals surface area contributed by atoms with Crippen LogP contribution >= 0.6 is 0 Å². The number of aliphatic imine (C=N–C) groups is 1. The van der Waals surface area contributed by atoms with Gasteiger partial charge in [-0.3, -0.25) is 4.99 Å². The van der Waals surface area contributed by atoms with Crippen LogP contribution in [0, 0.1) is 0 Å². The summed E-state index contributed by atoms with van der Waals surface area (Å²) in [6.45, 7) is 5.59. The van der Waals surface area contributed by atoms with Crippen LogP contribution in [0.25, 0.3) is 0 Å². The molecule has 0 unspecified atom stereocenters. The minimum absolute atomic E-state index is 0.239. The number of pyridine rings is 1.